The molecule has 182 valence electrons. The summed E-state index contributed by atoms with van der Waals surface area (Å²) < 4.78 is 15.5. The molecule has 0 radical (unpaired) electrons. The summed E-state index contributed by atoms with van der Waals surface area (Å²) in [6, 6.07) is 9.94. The van der Waals surface area contributed by atoms with Crippen LogP contribution in [-0.2, 0) is 9.53 Å². The highest BCUT2D eigenvalue weighted by Gasteiger charge is 2.23. The molecule has 0 aliphatic carbocycles. The van der Waals surface area contributed by atoms with Crippen LogP contribution in [0.25, 0.3) is 0 Å². The normalized spacial score (nSPS) is 13.8. The highest BCUT2D eigenvalue weighted by Crippen LogP contribution is 2.26. The lowest BCUT2D eigenvalue weighted by molar-refractivity contribution is -0.133. The highest BCUT2D eigenvalue weighted by molar-refractivity contribution is 6.32. The van der Waals surface area contributed by atoms with Crippen molar-refractivity contribution in [2.75, 3.05) is 39.4 Å². The Morgan fingerprint density at radius 1 is 0.912 bits per heavy atom. The maximum atomic E-state index is 12.9. The molecule has 2 amide bonds. The van der Waals surface area contributed by atoms with E-state index in [0.29, 0.717) is 54.7 Å². The van der Waals surface area contributed by atoms with Gasteiger partial charge >= 0.3 is 6.16 Å². The first-order valence-corrected chi connectivity index (χ1v) is 11.6. The molecule has 9 heteroatoms. The molecule has 2 aromatic rings. The largest absolute Gasteiger partial charge is 0.513 e. The molecule has 1 aliphatic heterocycles. The van der Waals surface area contributed by atoms with Crippen LogP contribution >= 0.6 is 11.6 Å². The zero-order valence-electron chi connectivity index (χ0n) is 19.6. The quantitative estimate of drug-likeness (QED) is 0.446. The van der Waals surface area contributed by atoms with E-state index in [-0.39, 0.29) is 25.0 Å². The third kappa shape index (κ3) is 6.63. The van der Waals surface area contributed by atoms with Gasteiger partial charge in [-0.2, -0.15) is 0 Å². The van der Waals surface area contributed by atoms with Crippen LogP contribution in [0.4, 0.5) is 4.79 Å². The molecule has 0 saturated carbocycles. The van der Waals surface area contributed by atoms with Gasteiger partial charge in [0.15, 0.2) is 6.61 Å². The van der Waals surface area contributed by atoms with E-state index in [1.807, 2.05) is 26.0 Å². The average molecular weight is 489 g/mol. The predicted molar refractivity (Wildman–Crippen MR) is 128 cm³/mol. The van der Waals surface area contributed by atoms with Gasteiger partial charge < -0.3 is 24.0 Å². The number of halogens is 1. The van der Waals surface area contributed by atoms with E-state index in [4.69, 9.17) is 25.8 Å². The molecule has 0 spiro atoms. The van der Waals surface area contributed by atoms with Gasteiger partial charge in [-0.1, -0.05) is 11.6 Å². The molecule has 0 aromatic heterocycles. The van der Waals surface area contributed by atoms with Crippen LogP contribution in [0.15, 0.2) is 36.4 Å². The molecule has 1 saturated heterocycles. The van der Waals surface area contributed by atoms with Gasteiger partial charge in [0.1, 0.15) is 11.5 Å². The molecule has 34 heavy (non-hydrogen) atoms. The van der Waals surface area contributed by atoms with Gasteiger partial charge in [0.05, 0.1) is 6.61 Å². The Hall–Kier alpha value is -3.26. The number of hydrogen-bond donors (Lipinski definition) is 0. The number of benzene rings is 2. The van der Waals surface area contributed by atoms with Gasteiger partial charge in [0.25, 0.3) is 11.8 Å². The minimum Gasteiger partial charge on any atom is -0.484 e. The van der Waals surface area contributed by atoms with Crippen molar-refractivity contribution in [1.82, 2.24) is 9.80 Å². The van der Waals surface area contributed by atoms with Crippen LogP contribution in [0.3, 0.4) is 0 Å². The molecule has 1 aliphatic rings. The summed E-state index contributed by atoms with van der Waals surface area (Å²) in [5.74, 6) is 0.642. The molecule has 0 atom stereocenters. The number of carbonyl (C=O) groups is 3. The van der Waals surface area contributed by atoms with E-state index in [9.17, 15) is 14.4 Å². The maximum Gasteiger partial charge on any atom is 0.513 e. The van der Waals surface area contributed by atoms with E-state index >= 15 is 0 Å². The Morgan fingerprint density at radius 2 is 1.53 bits per heavy atom. The molecule has 0 N–H and O–H groups in total. The maximum absolute atomic E-state index is 12.9. The van der Waals surface area contributed by atoms with E-state index in [2.05, 4.69) is 0 Å². The van der Waals surface area contributed by atoms with E-state index in [1.165, 1.54) is 0 Å². The topological polar surface area (TPSA) is 85.4 Å². The van der Waals surface area contributed by atoms with Crippen molar-refractivity contribution in [3.63, 3.8) is 0 Å². The van der Waals surface area contributed by atoms with Gasteiger partial charge in [0, 0.05) is 36.8 Å². The summed E-state index contributed by atoms with van der Waals surface area (Å²) in [4.78, 5) is 40.5. The van der Waals surface area contributed by atoms with Crippen LogP contribution in [0, 0.1) is 13.8 Å². The fourth-order valence-corrected chi connectivity index (χ4v) is 3.80. The lowest BCUT2D eigenvalue weighted by Gasteiger charge is -2.22. The Morgan fingerprint density at radius 3 is 2.18 bits per heavy atom. The van der Waals surface area contributed by atoms with Crippen LogP contribution in [0.2, 0.25) is 5.02 Å². The van der Waals surface area contributed by atoms with Crippen molar-refractivity contribution in [1.29, 1.82) is 0 Å². The Balaban J connectivity index is 1.52. The fourth-order valence-electron chi connectivity index (χ4n) is 3.69. The SMILES string of the molecule is CCOC(=O)Oc1ccc(C(=O)N2CCCN(C(=O)COc3cc(C)c(Cl)c(C)c3)CC2)cc1. The Kier molecular flexibility index (Phi) is 8.76. The number of ether oxygens (including phenoxy) is 3. The summed E-state index contributed by atoms with van der Waals surface area (Å²) in [5, 5.41) is 0.692. The zero-order chi connectivity index (χ0) is 24.7. The molecule has 0 bridgehead atoms. The number of carbonyl (C=O) groups excluding carboxylic acids is 3. The second kappa shape index (κ2) is 11.7. The van der Waals surface area contributed by atoms with Crippen molar-refractivity contribution >= 4 is 29.6 Å². The third-order valence-electron chi connectivity index (χ3n) is 5.47. The first kappa shape index (κ1) is 25.4. The second-order valence-electron chi connectivity index (χ2n) is 8.00. The van der Waals surface area contributed by atoms with Gasteiger partial charge in [0.2, 0.25) is 0 Å². The number of nitrogens with zero attached hydrogens (tertiary/aromatic N) is 2. The number of hydrogen-bond acceptors (Lipinski definition) is 6. The number of amides is 2. The standard InChI is InChI=1S/C25H29ClN2O6/c1-4-32-25(31)34-20-8-6-19(7-9-20)24(30)28-11-5-10-27(12-13-28)22(29)16-33-21-14-17(2)23(26)18(3)15-21/h6-9,14-15H,4-5,10-13,16H2,1-3H3. The van der Waals surface area contributed by atoms with Gasteiger partial charge in [-0.25, -0.2) is 4.79 Å². The first-order chi connectivity index (χ1) is 16.3. The van der Waals surface area contributed by atoms with Gasteiger partial charge in [-0.3, -0.25) is 9.59 Å². The second-order valence-corrected chi connectivity index (χ2v) is 8.37. The average Bonchev–Trinajstić information content (AvgIpc) is 3.07. The van der Waals surface area contributed by atoms with Crippen molar-refractivity contribution in [3.8, 4) is 11.5 Å². The number of rotatable bonds is 6. The molecule has 1 heterocycles. The minimum absolute atomic E-state index is 0.0730. The van der Waals surface area contributed by atoms with Crippen LogP contribution < -0.4 is 9.47 Å². The fraction of sp³-hybridized carbons (Fsp3) is 0.400. The van der Waals surface area contributed by atoms with Crippen LogP contribution in [0.1, 0.15) is 34.8 Å². The lowest BCUT2D eigenvalue weighted by Crippen LogP contribution is -2.39. The summed E-state index contributed by atoms with van der Waals surface area (Å²) in [5.41, 5.74) is 2.27. The molecule has 3 rings (SSSR count). The smallest absolute Gasteiger partial charge is 0.484 e. The van der Waals surface area contributed by atoms with Crippen molar-refractivity contribution in [2.45, 2.75) is 27.2 Å². The lowest BCUT2D eigenvalue weighted by atomic mass is 10.1. The monoisotopic (exact) mass is 488 g/mol. The van der Waals surface area contributed by atoms with E-state index < -0.39 is 6.16 Å². The zero-order valence-corrected chi connectivity index (χ0v) is 20.4. The summed E-state index contributed by atoms with van der Waals surface area (Å²) in [6.07, 6.45) is -0.120. The highest BCUT2D eigenvalue weighted by atomic mass is 35.5. The molecular formula is C25H29ClN2O6. The summed E-state index contributed by atoms with van der Waals surface area (Å²) >= 11 is 6.19. The van der Waals surface area contributed by atoms with Gasteiger partial charge in [-0.05, 0) is 74.7 Å². The summed E-state index contributed by atoms with van der Waals surface area (Å²) in [6.45, 7) is 7.56. The van der Waals surface area contributed by atoms with Crippen molar-refractivity contribution in [2.24, 2.45) is 0 Å². The van der Waals surface area contributed by atoms with Gasteiger partial charge in [-0.15, -0.1) is 0 Å². The molecule has 0 unspecified atom stereocenters. The number of aryl methyl sites for hydroxylation is 2. The molecular weight excluding hydrogens is 460 g/mol. The Labute approximate surface area is 204 Å². The van der Waals surface area contributed by atoms with E-state index in [0.717, 1.165) is 11.1 Å². The van der Waals surface area contributed by atoms with Crippen LogP contribution in [0.5, 0.6) is 11.5 Å². The summed E-state index contributed by atoms with van der Waals surface area (Å²) in [7, 11) is 0. The Bertz CT molecular complexity index is 1020. The van der Waals surface area contributed by atoms with Crippen LogP contribution in [-0.4, -0.2) is 67.2 Å². The molecule has 1 fully saturated rings. The first-order valence-electron chi connectivity index (χ1n) is 11.2. The molecule has 2 aromatic carbocycles. The van der Waals surface area contributed by atoms with Crippen molar-refractivity contribution in [3.05, 3.63) is 58.1 Å². The minimum atomic E-state index is -0.788. The van der Waals surface area contributed by atoms with E-state index in [1.54, 1.807) is 41.0 Å². The predicted octanol–water partition coefficient (Wildman–Crippen LogP) is 4.25. The molecule has 8 nitrogen and oxygen atoms in total. The van der Waals surface area contributed by atoms with Crippen molar-refractivity contribution < 1.29 is 28.6 Å². The third-order valence-corrected chi connectivity index (χ3v) is 6.07.